The molecule has 1 aliphatic rings. The van der Waals surface area contributed by atoms with Crippen LogP contribution in [0.4, 0.5) is 4.79 Å². The van der Waals surface area contributed by atoms with Crippen LogP contribution in [-0.4, -0.2) is 23.1 Å². The van der Waals surface area contributed by atoms with Gasteiger partial charge in [-0.05, 0) is 57.2 Å². The molecule has 1 heterocycles. The largest absolute Gasteiger partial charge is 0.443 e. The Labute approximate surface area is 137 Å². The van der Waals surface area contributed by atoms with Crippen LogP contribution in [0.3, 0.4) is 0 Å². The van der Waals surface area contributed by atoms with Crippen molar-refractivity contribution in [3.05, 3.63) is 40.4 Å². The first kappa shape index (κ1) is 16.9. The summed E-state index contributed by atoms with van der Waals surface area (Å²) in [4.78, 5) is 14.2. The number of ether oxygens (including phenoxy) is 1. The minimum Gasteiger partial charge on any atom is -0.443 e. The Morgan fingerprint density at radius 1 is 1.36 bits per heavy atom. The lowest BCUT2D eigenvalue weighted by molar-refractivity contribution is 0.0327. The van der Waals surface area contributed by atoms with Crippen LogP contribution in [0.5, 0.6) is 0 Å². The molecule has 1 unspecified atom stereocenters. The number of amides is 1. The fourth-order valence-corrected chi connectivity index (χ4v) is 2.60. The molecule has 0 spiro atoms. The van der Waals surface area contributed by atoms with Crippen molar-refractivity contribution in [1.29, 1.82) is 0 Å². The van der Waals surface area contributed by atoms with Crippen molar-refractivity contribution < 1.29 is 9.53 Å². The summed E-state index contributed by atoms with van der Waals surface area (Å²) in [5.41, 5.74) is 2.36. The highest BCUT2D eigenvalue weighted by molar-refractivity contribution is 6.31. The fourth-order valence-electron chi connectivity index (χ4n) is 2.42. The number of benzene rings is 1. The van der Waals surface area contributed by atoms with E-state index in [9.17, 15) is 4.79 Å². The van der Waals surface area contributed by atoms with Gasteiger partial charge in [-0.1, -0.05) is 36.7 Å². The Bertz CT molecular complexity index is 602. The highest BCUT2D eigenvalue weighted by Gasteiger charge is 2.29. The maximum atomic E-state index is 12.5. The van der Waals surface area contributed by atoms with Crippen molar-refractivity contribution in [2.75, 3.05) is 6.54 Å². The first-order valence-corrected chi connectivity index (χ1v) is 8.02. The Hall–Kier alpha value is -1.48. The standard InChI is InChI=1S/C18H24ClNO2/c1-12-6-9-16(14-8-7-13(2)15(19)10-14)20(11-12)17(21)22-18(3,4)5/h7-10,12H,6,11H2,1-5H3. The maximum absolute atomic E-state index is 12.5. The summed E-state index contributed by atoms with van der Waals surface area (Å²) in [7, 11) is 0. The SMILES string of the molecule is Cc1ccc(C2=CCC(C)CN2C(=O)OC(C)(C)C)cc1Cl. The molecular formula is C18H24ClNO2. The summed E-state index contributed by atoms with van der Waals surface area (Å²) in [6, 6.07) is 5.89. The number of halogens is 1. The number of rotatable bonds is 1. The van der Waals surface area contributed by atoms with Gasteiger partial charge in [0.25, 0.3) is 0 Å². The number of hydrogen-bond donors (Lipinski definition) is 0. The molecule has 0 bridgehead atoms. The molecule has 0 aromatic heterocycles. The van der Waals surface area contributed by atoms with E-state index >= 15 is 0 Å². The highest BCUT2D eigenvalue weighted by Crippen LogP contribution is 2.31. The molecule has 1 amide bonds. The summed E-state index contributed by atoms with van der Waals surface area (Å²) in [5, 5.41) is 0.709. The van der Waals surface area contributed by atoms with Crippen molar-refractivity contribution in [2.45, 2.75) is 46.6 Å². The Morgan fingerprint density at radius 2 is 2.05 bits per heavy atom. The van der Waals surface area contributed by atoms with Crippen LogP contribution in [0.15, 0.2) is 24.3 Å². The van der Waals surface area contributed by atoms with Gasteiger partial charge in [-0.3, -0.25) is 4.90 Å². The van der Waals surface area contributed by atoms with Gasteiger partial charge in [0.1, 0.15) is 5.60 Å². The predicted molar refractivity (Wildman–Crippen MR) is 90.9 cm³/mol. The summed E-state index contributed by atoms with van der Waals surface area (Å²) in [6.07, 6.45) is 2.74. The van der Waals surface area contributed by atoms with E-state index in [2.05, 4.69) is 13.0 Å². The van der Waals surface area contributed by atoms with Crippen LogP contribution in [0, 0.1) is 12.8 Å². The topological polar surface area (TPSA) is 29.5 Å². The van der Waals surface area contributed by atoms with Gasteiger partial charge in [-0.2, -0.15) is 0 Å². The van der Waals surface area contributed by atoms with Crippen LogP contribution in [0.1, 0.15) is 45.2 Å². The Kier molecular flexibility index (Phi) is 4.86. The lowest BCUT2D eigenvalue weighted by Crippen LogP contribution is -2.39. The molecule has 0 N–H and O–H groups in total. The summed E-state index contributed by atoms with van der Waals surface area (Å²) >= 11 is 6.23. The lowest BCUT2D eigenvalue weighted by Gasteiger charge is -2.34. The highest BCUT2D eigenvalue weighted by atomic mass is 35.5. The molecule has 1 aliphatic heterocycles. The maximum Gasteiger partial charge on any atom is 0.414 e. The van der Waals surface area contributed by atoms with Gasteiger partial charge >= 0.3 is 6.09 Å². The first-order valence-electron chi connectivity index (χ1n) is 7.64. The van der Waals surface area contributed by atoms with Gasteiger partial charge in [0, 0.05) is 11.6 Å². The number of carbonyl (C=O) groups excluding carboxylic acids is 1. The van der Waals surface area contributed by atoms with Gasteiger partial charge in [-0.15, -0.1) is 0 Å². The molecule has 3 nitrogen and oxygen atoms in total. The number of nitrogens with zero attached hydrogens (tertiary/aromatic N) is 1. The van der Waals surface area contributed by atoms with Gasteiger partial charge in [0.15, 0.2) is 0 Å². The zero-order chi connectivity index (χ0) is 16.5. The molecule has 1 aromatic rings. The second-order valence-electron chi connectivity index (χ2n) is 6.99. The van der Waals surface area contributed by atoms with E-state index in [-0.39, 0.29) is 6.09 Å². The first-order chi connectivity index (χ1) is 10.2. The van der Waals surface area contributed by atoms with Crippen molar-refractivity contribution >= 4 is 23.4 Å². The lowest BCUT2D eigenvalue weighted by atomic mass is 9.98. The number of carbonyl (C=O) groups is 1. The van der Waals surface area contributed by atoms with Gasteiger partial charge in [-0.25, -0.2) is 4.79 Å². The third-order valence-corrected chi connectivity index (χ3v) is 3.99. The number of aryl methyl sites for hydroxylation is 1. The normalized spacial score (nSPS) is 18.9. The monoisotopic (exact) mass is 321 g/mol. The van der Waals surface area contributed by atoms with Crippen molar-refractivity contribution in [3.63, 3.8) is 0 Å². The third-order valence-electron chi connectivity index (χ3n) is 3.58. The minimum absolute atomic E-state index is 0.304. The summed E-state index contributed by atoms with van der Waals surface area (Å²) < 4.78 is 5.54. The van der Waals surface area contributed by atoms with E-state index < -0.39 is 5.60 Å². The van der Waals surface area contributed by atoms with E-state index in [1.807, 2.05) is 45.9 Å². The molecule has 0 radical (unpaired) electrons. The molecule has 2 rings (SSSR count). The predicted octanol–water partition coefficient (Wildman–Crippen LogP) is 5.27. The van der Waals surface area contributed by atoms with Crippen LogP contribution in [-0.2, 0) is 4.74 Å². The van der Waals surface area contributed by atoms with Crippen molar-refractivity contribution in [2.24, 2.45) is 5.92 Å². The Balaban J connectivity index is 2.33. The smallest absolute Gasteiger partial charge is 0.414 e. The van der Waals surface area contributed by atoms with Gasteiger partial charge < -0.3 is 4.74 Å². The second kappa shape index (κ2) is 6.33. The van der Waals surface area contributed by atoms with Crippen molar-refractivity contribution in [3.8, 4) is 0 Å². The minimum atomic E-state index is -0.506. The van der Waals surface area contributed by atoms with E-state index in [0.29, 0.717) is 17.5 Å². The molecule has 0 fully saturated rings. The van der Waals surface area contributed by atoms with E-state index in [1.54, 1.807) is 4.90 Å². The zero-order valence-corrected chi connectivity index (χ0v) is 14.7. The molecule has 1 atom stereocenters. The molecular weight excluding hydrogens is 298 g/mol. The molecule has 0 saturated heterocycles. The molecule has 1 aromatic carbocycles. The van der Waals surface area contributed by atoms with Crippen LogP contribution in [0.2, 0.25) is 5.02 Å². The average Bonchev–Trinajstić information content (AvgIpc) is 2.40. The van der Waals surface area contributed by atoms with E-state index in [4.69, 9.17) is 16.3 Å². The van der Waals surface area contributed by atoms with Gasteiger partial charge in [0.2, 0.25) is 0 Å². The molecule has 0 aliphatic carbocycles. The quantitative estimate of drug-likeness (QED) is 0.705. The zero-order valence-electron chi connectivity index (χ0n) is 13.9. The molecule has 4 heteroatoms. The summed E-state index contributed by atoms with van der Waals surface area (Å²) in [5.74, 6) is 0.414. The van der Waals surface area contributed by atoms with Gasteiger partial charge in [0.05, 0.1) is 5.70 Å². The fraction of sp³-hybridized carbons (Fsp3) is 0.500. The van der Waals surface area contributed by atoms with E-state index in [0.717, 1.165) is 23.2 Å². The van der Waals surface area contributed by atoms with Crippen molar-refractivity contribution in [1.82, 2.24) is 4.90 Å². The average molecular weight is 322 g/mol. The van der Waals surface area contributed by atoms with Crippen LogP contribution >= 0.6 is 11.6 Å². The third kappa shape index (κ3) is 4.04. The van der Waals surface area contributed by atoms with Crippen LogP contribution < -0.4 is 0 Å². The molecule has 0 saturated carbocycles. The Morgan fingerprint density at radius 3 is 2.64 bits per heavy atom. The van der Waals surface area contributed by atoms with E-state index in [1.165, 1.54) is 0 Å². The second-order valence-corrected chi connectivity index (χ2v) is 7.39. The summed E-state index contributed by atoms with van der Waals surface area (Å²) in [6.45, 7) is 10.4. The molecule has 120 valence electrons. The molecule has 22 heavy (non-hydrogen) atoms. The van der Waals surface area contributed by atoms with Crippen LogP contribution in [0.25, 0.3) is 5.70 Å². The number of hydrogen-bond acceptors (Lipinski definition) is 2. The number of allylic oxidation sites excluding steroid dienone is 1.